The second-order valence-corrected chi connectivity index (χ2v) is 3.53. The van der Waals surface area contributed by atoms with Gasteiger partial charge in [0.05, 0.1) is 6.10 Å². The molecule has 0 spiro atoms. The molecule has 0 bridgehead atoms. The Labute approximate surface area is 69.4 Å². The Morgan fingerprint density at radius 2 is 2.73 bits per heavy atom. The first-order valence-electron chi connectivity index (χ1n) is 3.64. The summed E-state index contributed by atoms with van der Waals surface area (Å²) in [4.78, 5) is 4.16. The third-order valence-electron chi connectivity index (χ3n) is 1.63. The van der Waals surface area contributed by atoms with Crippen molar-refractivity contribution in [1.29, 1.82) is 0 Å². The Kier molecular flexibility index (Phi) is 1.89. The zero-order valence-electron chi connectivity index (χ0n) is 6.28. The summed E-state index contributed by atoms with van der Waals surface area (Å²) in [5.74, 6) is 0. The highest BCUT2D eigenvalue weighted by Crippen LogP contribution is 2.22. The highest BCUT2D eigenvalue weighted by atomic mass is 32.1. The summed E-state index contributed by atoms with van der Waals surface area (Å²) in [6.07, 6.45) is 2.14. The topological polar surface area (TPSA) is 34.2 Å². The van der Waals surface area contributed by atoms with Crippen LogP contribution in [0.3, 0.4) is 0 Å². The lowest BCUT2D eigenvalue weighted by Crippen LogP contribution is -2.13. The van der Waals surface area contributed by atoms with E-state index >= 15 is 0 Å². The number of nitrogens with zero attached hydrogens (tertiary/aromatic N) is 1. The monoisotopic (exact) mass is 170 g/mol. The van der Waals surface area contributed by atoms with Gasteiger partial charge in [-0.2, -0.15) is 0 Å². The van der Waals surface area contributed by atoms with Gasteiger partial charge in [-0.1, -0.05) is 0 Å². The molecule has 0 aromatic carbocycles. The van der Waals surface area contributed by atoms with E-state index in [0.717, 1.165) is 11.6 Å². The summed E-state index contributed by atoms with van der Waals surface area (Å²) < 4.78 is 5.54. The molecule has 1 aromatic heterocycles. The summed E-state index contributed by atoms with van der Waals surface area (Å²) in [5, 5.41) is 6.22. The molecule has 2 atom stereocenters. The molecule has 1 N–H and O–H groups in total. The summed E-state index contributed by atoms with van der Waals surface area (Å²) in [6, 6.07) is 0. The van der Waals surface area contributed by atoms with Crippen LogP contribution in [0.2, 0.25) is 0 Å². The minimum absolute atomic E-state index is 0.0324. The maximum Gasteiger partial charge on any atom is 0.161 e. The van der Waals surface area contributed by atoms with Crippen molar-refractivity contribution < 1.29 is 4.74 Å². The Morgan fingerprint density at radius 3 is 3.27 bits per heavy atom. The average molecular weight is 170 g/mol. The Bertz CT molecular complexity index is 224. The molecule has 11 heavy (non-hydrogen) atoms. The van der Waals surface area contributed by atoms with Crippen molar-refractivity contribution in [3.8, 4) is 0 Å². The van der Waals surface area contributed by atoms with Crippen LogP contribution in [-0.2, 0) is 4.74 Å². The summed E-state index contributed by atoms with van der Waals surface area (Å²) >= 11 is 1.62. The van der Waals surface area contributed by atoms with Gasteiger partial charge in [0.2, 0.25) is 0 Å². The fourth-order valence-corrected chi connectivity index (χ4v) is 1.76. The van der Waals surface area contributed by atoms with Crippen molar-refractivity contribution in [2.45, 2.75) is 19.3 Å². The van der Waals surface area contributed by atoms with Gasteiger partial charge in [0, 0.05) is 18.1 Å². The normalized spacial score (nSPS) is 31.0. The first kappa shape index (κ1) is 7.21. The third kappa shape index (κ3) is 1.42. The molecule has 1 aliphatic rings. The van der Waals surface area contributed by atoms with Crippen LogP contribution in [0.1, 0.15) is 18.2 Å². The summed E-state index contributed by atoms with van der Waals surface area (Å²) in [7, 11) is 0. The molecule has 0 aliphatic carbocycles. The number of hydrogen-bond donors (Lipinski definition) is 1. The molecule has 3 nitrogen and oxygen atoms in total. The van der Waals surface area contributed by atoms with E-state index in [1.807, 2.05) is 5.38 Å². The molecule has 1 saturated heterocycles. The fraction of sp³-hybridized carbons (Fsp3) is 0.571. The predicted octanol–water partition coefficient (Wildman–Crippen LogP) is 1.15. The van der Waals surface area contributed by atoms with Gasteiger partial charge in [-0.15, -0.1) is 11.3 Å². The Balaban J connectivity index is 2.08. The summed E-state index contributed by atoms with van der Waals surface area (Å²) in [6.45, 7) is 2.98. The van der Waals surface area contributed by atoms with E-state index in [0.29, 0.717) is 6.10 Å². The Morgan fingerprint density at radius 1 is 1.82 bits per heavy atom. The van der Waals surface area contributed by atoms with Crippen molar-refractivity contribution in [3.63, 3.8) is 0 Å². The van der Waals surface area contributed by atoms with Crippen LogP contribution in [0.4, 0.5) is 0 Å². The first-order chi connectivity index (χ1) is 5.36. The van der Waals surface area contributed by atoms with Gasteiger partial charge in [0.15, 0.2) is 6.23 Å². The van der Waals surface area contributed by atoms with Gasteiger partial charge in [-0.05, 0) is 6.92 Å². The molecule has 1 aromatic rings. The van der Waals surface area contributed by atoms with Crippen LogP contribution in [0.25, 0.3) is 0 Å². The van der Waals surface area contributed by atoms with Gasteiger partial charge in [0.1, 0.15) is 5.01 Å². The molecule has 60 valence electrons. The first-order valence-corrected chi connectivity index (χ1v) is 4.52. The van der Waals surface area contributed by atoms with Gasteiger partial charge in [-0.3, -0.25) is 5.32 Å². The smallest absolute Gasteiger partial charge is 0.161 e. The van der Waals surface area contributed by atoms with Crippen molar-refractivity contribution in [2.24, 2.45) is 0 Å². The van der Waals surface area contributed by atoms with E-state index < -0.39 is 0 Å². The predicted molar refractivity (Wildman–Crippen MR) is 43.4 cm³/mol. The van der Waals surface area contributed by atoms with Crippen molar-refractivity contribution in [3.05, 3.63) is 16.6 Å². The fourth-order valence-electron chi connectivity index (χ4n) is 1.11. The Hall–Kier alpha value is -0.450. The molecular formula is C7H10N2OS. The van der Waals surface area contributed by atoms with Gasteiger partial charge < -0.3 is 4.74 Å². The molecule has 1 unspecified atom stereocenters. The second-order valence-electron chi connectivity index (χ2n) is 2.61. The molecule has 1 fully saturated rings. The largest absolute Gasteiger partial charge is 0.352 e. The maximum atomic E-state index is 5.54. The number of thiazole rings is 1. The number of nitrogens with one attached hydrogen (secondary N) is 1. The zero-order valence-corrected chi connectivity index (χ0v) is 7.10. The minimum Gasteiger partial charge on any atom is -0.352 e. The minimum atomic E-state index is 0.0324. The molecule has 0 saturated carbocycles. The molecule has 1 aliphatic heterocycles. The van der Waals surface area contributed by atoms with Crippen LogP contribution in [-0.4, -0.2) is 17.6 Å². The van der Waals surface area contributed by atoms with Crippen LogP contribution in [0.15, 0.2) is 11.6 Å². The third-order valence-corrected chi connectivity index (χ3v) is 2.45. The second kappa shape index (κ2) is 2.89. The van der Waals surface area contributed by atoms with Crippen LogP contribution in [0, 0.1) is 0 Å². The van der Waals surface area contributed by atoms with E-state index in [1.165, 1.54) is 0 Å². The molecular weight excluding hydrogens is 160 g/mol. The van der Waals surface area contributed by atoms with E-state index in [2.05, 4.69) is 17.2 Å². The highest BCUT2D eigenvalue weighted by Gasteiger charge is 2.23. The van der Waals surface area contributed by atoms with Crippen LogP contribution >= 0.6 is 11.3 Å². The average Bonchev–Trinajstić information content (AvgIpc) is 2.55. The lowest BCUT2D eigenvalue weighted by molar-refractivity contribution is 0.0509. The van der Waals surface area contributed by atoms with Gasteiger partial charge in [0.25, 0.3) is 0 Å². The molecule has 0 radical (unpaired) electrons. The van der Waals surface area contributed by atoms with E-state index in [-0.39, 0.29) is 6.23 Å². The van der Waals surface area contributed by atoms with Crippen LogP contribution in [0.5, 0.6) is 0 Å². The standard InChI is InChI=1S/C7H10N2OS/c1-5-4-9-6(10-5)7-8-2-3-11-7/h2-3,5-6,9H,4H2,1H3/t5-,6?/m0/s1. The molecule has 2 rings (SSSR count). The van der Waals surface area contributed by atoms with E-state index in [4.69, 9.17) is 4.74 Å². The number of aromatic nitrogens is 1. The van der Waals surface area contributed by atoms with Crippen LogP contribution < -0.4 is 5.32 Å². The lowest BCUT2D eigenvalue weighted by Gasteiger charge is -2.05. The van der Waals surface area contributed by atoms with Crippen molar-refractivity contribution in [1.82, 2.24) is 10.3 Å². The molecule has 4 heteroatoms. The van der Waals surface area contributed by atoms with Crippen molar-refractivity contribution in [2.75, 3.05) is 6.54 Å². The quantitative estimate of drug-likeness (QED) is 0.686. The van der Waals surface area contributed by atoms with E-state index in [1.54, 1.807) is 17.5 Å². The SMILES string of the molecule is C[C@H]1CNC(c2nccs2)O1. The number of ether oxygens (including phenoxy) is 1. The van der Waals surface area contributed by atoms with E-state index in [9.17, 15) is 0 Å². The van der Waals surface area contributed by atoms with Gasteiger partial charge >= 0.3 is 0 Å². The molecule has 2 heterocycles. The zero-order chi connectivity index (χ0) is 7.68. The number of hydrogen-bond acceptors (Lipinski definition) is 4. The van der Waals surface area contributed by atoms with Gasteiger partial charge in [-0.25, -0.2) is 4.98 Å². The molecule has 0 amide bonds. The number of rotatable bonds is 1. The van der Waals surface area contributed by atoms with Crippen molar-refractivity contribution >= 4 is 11.3 Å². The summed E-state index contributed by atoms with van der Waals surface area (Å²) in [5.41, 5.74) is 0. The highest BCUT2D eigenvalue weighted by molar-refractivity contribution is 7.09. The maximum absolute atomic E-state index is 5.54. The lowest BCUT2D eigenvalue weighted by atomic mass is 10.4.